The van der Waals surface area contributed by atoms with E-state index in [1.807, 2.05) is 0 Å². The highest BCUT2D eigenvalue weighted by Crippen LogP contribution is 2.18. The highest BCUT2D eigenvalue weighted by atomic mass is 19.4. The molecule has 1 heterocycles. The number of carbonyl (C=O) groups is 3. The average Bonchev–Trinajstić information content (AvgIpc) is 2.97. The molecule has 138 valence electrons. The van der Waals surface area contributed by atoms with Crippen molar-refractivity contribution in [2.45, 2.75) is 13.1 Å². The molecule has 0 saturated heterocycles. The fourth-order valence-corrected chi connectivity index (χ4v) is 1.71. The van der Waals surface area contributed by atoms with Gasteiger partial charge in [-0.3, -0.25) is 9.59 Å². The van der Waals surface area contributed by atoms with Crippen molar-refractivity contribution in [2.75, 3.05) is 17.2 Å². The van der Waals surface area contributed by atoms with E-state index in [2.05, 4.69) is 10.5 Å². The molecule has 0 spiro atoms. The average molecular weight is 371 g/mol. The predicted octanol–water partition coefficient (Wildman–Crippen LogP) is 2.28. The molecule has 1 aromatic carbocycles. The molecule has 2 rings (SSSR count). The SMILES string of the molecule is Cc1cc(NC(=O)COC(=O)c2ccc(NC(=O)C(F)(F)F)cc2)no1. The van der Waals surface area contributed by atoms with Crippen LogP contribution in [0.2, 0.25) is 0 Å². The van der Waals surface area contributed by atoms with Crippen LogP contribution in [0.5, 0.6) is 0 Å². The molecule has 0 aliphatic rings. The van der Waals surface area contributed by atoms with E-state index >= 15 is 0 Å². The molecule has 0 radical (unpaired) electrons. The van der Waals surface area contributed by atoms with Crippen molar-refractivity contribution in [2.24, 2.45) is 0 Å². The third-order valence-electron chi connectivity index (χ3n) is 2.87. The van der Waals surface area contributed by atoms with E-state index in [4.69, 9.17) is 9.26 Å². The number of rotatable bonds is 5. The van der Waals surface area contributed by atoms with Crippen LogP contribution in [0.4, 0.5) is 24.7 Å². The van der Waals surface area contributed by atoms with Crippen molar-refractivity contribution in [3.63, 3.8) is 0 Å². The van der Waals surface area contributed by atoms with Gasteiger partial charge in [0.15, 0.2) is 12.4 Å². The number of esters is 1. The van der Waals surface area contributed by atoms with Crippen molar-refractivity contribution < 1.29 is 36.8 Å². The topological polar surface area (TPSA) is 111 Å². The van der Waals surface area contributed by atoms with Gasteiger partial charge in [-0.15, -0.1) is 0 Å². The molecular formula is C15H12F3N3O5. The number of benzene rings is 1. The number of carbonyl (C=O) groups excluding carboxylic acids is 3. The number of alkyl halides is 3. The van der Waals surface area contributed by atoms with Crippen LogP contribution in [-0.4, -0.2) is 35.7 Å². The summed E-state index contributed by atoms with van der Waals surface area (Å²) in [6, 6.07) is 5.95. The first-order valence-electron chi connectivity index (χ1n) is 7.03. The molecule has 8 nitrogen and oxygen atoms in total. The van der Waals surface area contributed by atoms with E-state index in [9.17, 15) is 27.6 Å². The Morgan fingerprint density at radius 3 is 2.35 bits per heavy atom. The van der Waals surface area contributed by atoms with Gasteiger partial charge >= 0.3 is 18.1 Å². The van der Waals surface area contributed by atoms with Crippen LogP contribution in [0.1, 0.15) is 16.1 Å². The number of aryl methyl sites for hydroxylation is 1. The molecule has 0 saturated carbocycles. The fourth-order valence-electron chi connectivity index (χ4n) is 1.71. The first-order chi connectivity index (χ1) is 12.1. The van der Waals surface area contributed by atoms with Crippen LogP contribution in [-0.2, 0) is 14.3 Å². The summed E-state index contributed by atoms with van der Waals surface area (Å²) in [6.07, 6.45) is -5.02. The Morgan fingerprint density at radius 2 is 1.81 bits per heavy atom. The van der Waals surface area contributed by atoms with E-state index in [1.54, 1.807) is 12.2 Å². The van der Waals surface area contributed by atoms with E-state index in [1.165, 1.54) is 6.07 Å². The summed E-state index contributed by atoms with van der Waals surface area (Å²) in [6.45, 7) is 1.03. The van der Waals surface area contributed by atoms with Gasteiger partial charge < -0.3 is 19.9 Å². The summed E-state index contributed by atoms with van der Waals surface area (Å²) in [5.41, 5.74) is -0.164. The van der Waals surface area contributed by atoms with Crippen LogP contribution in [0, 0.1) is 6.92 Å². The predicted molar refractivity (Wildman–Crippen MR) is 81.3 cm³/mol. The van der Waals surface area contributed by atoms with E-state index < -0.39 is 30.6 Å². The molecule has 0 aliphatic heterocycles. The van der Waals surface area contributed by atoms with Gasteiger partial charge in [-0.1, -0.05) is 5.16 Å². The number of nitrogens with one attached hydrogen (secondary N) is 2. The highest BCUT2D eigenvalue weighted by Gasteiger charge is 2.38. The maximum absolute atomic E-state index is 12.1. The third kappa shape index (κ3) is 5.33. The van der Waals surface area contributed by atoms with Crippen molar-refractivity contribution in [3.05, 3.63) is 41.7 Å². The van der Waals surface area contributed by atoms with Gasteiger partial charge in [-0.25, -0.2) is 4.79 Å². The maximum atomic E-state index is 12.1. The number of halogens is 3. The summed E-state index contributed by atoms with van der Waals surface area (Å²) in [4.78, 5) is 34.2. The normalized spacial score (nSPS) is 10.9. The summed E-state index contributed by atoms with van der Waals surface area (Å²) < 4.78 is 45.9. The number of hydrogen-bond donors (Lipinski definition) is 2. The van der Waals surface area contributed by atoms with Crippen molar-refractivity contribution in [1.29, 1.82) is 0 Å². The Balaban J connectivity index is 1.85. The second kappa shape index (κ2) is 7.68. The second-order valence-electron chi connectivity index (χ2n) is 4.98. The lowest BCUT2D eigenvalue weighted by molar-refractivity contribution is -0.167. The number of amides is 2. The molecule has 2 N–H and O–H groups in total. The minimum absolute atomic E-state index is 0.0138. The maximum Gasteiger partial charge on any atom is 0.471 e. The largest absolute Gasteiger partial charge is 0.471 e. The lowest BCUT2D eigenvalue weighted by atomic mass is 10.2. The number of hydrogen-bond acceptors (Lipinski definition) is 6. The lowest BCUT2D eigenvalue weighted by Crippen LogP contribution is -2.29. The fraction of sp³-hybridized carbons (Fsp3) is 0.200. The molecule has 2 aromatic rings. The smallest absolute Gasteiger partial charge is 0.452 e. The summed E-state index contributed by atoms with van der Waals surface area (Å²) in [7, 11) is 0. The summed E-state index contributed by atoms with van der Waals surface area (Å²) in [5.74, 6) is -3.01. The Bertz CT molecular complexity index is 815. The summed E-state index contributed by atoms with van der Waals surface area (Å²) >= 11 is 0. The zero-order valence-corrected chi connectivity index (χ0v) is 13.2. The lowest BCUT2D eigenvalue weighted by Gasteiger charge is -2.08. The number of aromatic nitrogens is 1. The quantitative estimate of drug-likeness (QED) is 0.780. The summed E-state index contributed by atoms with van der Waals surface area (Å²) in [5, 5.41) is 7.50. The second-order valence-corrected chi connectivity index (χ2v) is 4.98. The van der Waals surface area contributed by atoms with Gasteiger partial charge in [0.25, 0.3) is 5.91 Å². The zero-order chi connectivity index (χ0) is 19.3. The molecule has 0 aliphatic carbocycles. The van der Waals surface area contributed by atoms with Gasteiger partial charge in [-0.05, 0) is 31.2 Å². The molecule has 11 heteroatoms. The zero-order valence-electron chi connectivity index (χ0n) is 13.2. The van der Waals surface area contributed by atoms with Crippen LogP contribution >= 0.6 is 0 Å². The van der Waals surface area contributed by atoms with Gasteiger partial charge in [0, 0.05) is 11.8 Å². The molecule has 1 aromatic heterocycles. The molecular weight excluding hydrogens is 359 g/mol. The number of anilines is 2. The van der Waals surface area contributed by atoms with Crippen LogP contribution < -0.4 is 10.6 Å². The molecule has 26 heavy (non-hydrogen) atoms. The van der Waals surface area contributed by atoms with Crippen molar-refractivity contribution >= 4 is 29.3 Å². The van der Waals surface area contributed by atoms with Gasteiger partial charge in [0.1, 0.15) is 5.76 Å². The first kappa shape index (κ1) is 19.0. The minimum atomic E-state index is -5.02. The minimum Gasteiger partial charge on any atom is -0.452 e. The standard InChI is InChI=1S/C15H12F3N3O5/c1-8-6-11(21-26-8)20-12(22)7-25-13(23)9-2-4-10(5-3-9)19-14(24)15(16,17)18/h2-6H,7H2,1H3,(H,19,24)(H,20,21,22). The van der Waals surface area contributed by atoms with Gasteiger partial charge in [0.05, 0.1) is 5.56 Å². The molecule has 0 bridgehead atoms. The Labute approximate surface area is 144 Å². The van der Waals surface area contributed by atoms with Crippen LogP contribution in [0.25, 0.3) is 0 Å². The Kier molecular flexibility index (Phi) is 5.60. The molecule has 0 unspecified atom stereocenters. The van der Waals surface area contributed by atoms with Crippen LogP contribution in [0.15, 0.2) is 34.9 Å². The third-order valence-corrected chi connectivity index (χ3v) is 2.87. The number of nitrogens with zero attached hydrogens (tertiary/aromatic N) is 1. The highest BCUT2D eigenvalue weighted by molar-refractivity contribution is 5.97. The van der Waals surface area contributed by atoms with E-state index in [-0.39, 0.29) is 17.1 Å². The first-order valence-corrected chi connectivity index (χ1v) is 7.03. The van der Waals surface area contributed by atoms with Crippen molar-refractivity contribution in [3.8, 4) is 0 Å². The Hall–Kier alpha value is -3.37. The van der Waals surface area contributed by atoms with E-state index in [0.717, 1.165) is 24.3 Å². The molecule has 0 fully saturated rings. The molecule has 0 atom stereocenters. The molecule has 2 amide bonds. The van der Waals surface area contributed by atoms with Crippen LogP contribution in [0.3, 0.4) is 0 Å². The van der Waals surface area contributed by atoms with Gasteiger partial charge in [-0.2, -0.15) is 13.2 Å². The monoisotopic (exact) mass is 371 g/mol. The van der Waals surface area contributed by atoms with Gasteiger partial charge in [0.2, 0.25) is 0 Å². The number of ether oxygens (including phenoxy) is 1. The van der Waals surface area contributed by atoms with Crippen molar-refractivity contribution in [1.82, 2.24) is 5.16 Å². The van der Waals surface area contributed by atoms with E-state index in [0.29, 0.717) is 5.76 Å². The Morgan fingerprint density at radius 1 is 1.15 bits per heavy atom.